The Bertz CT molecular complexity index is 924. The van der Waals surface area contributed by atoms with Crippen LogP contribution < -0.4 is 9.46 Å². The van der Waals surface area contributed by atoms with Crippen LogP contribution in [0.15, 0.2) is 18.3 Å². The highest BCUT2D eigenvalue weighted by Crippen LogP contribution is 2.37. The summed E-state index contributed by atoms with van der Waals surface area (Å²) in [6, 6.07) is 3.41. The number of ether oxygens (including phenoxy) is 2. The molecule has 0 saturated carbocycles. The molecule has 2 aliphatic rings. The molecule has 2 aliphatic heterocycles. The predicted molar refractivity (Wildman–Crippen MR) is 105 cm³/mol. The Morgan fingerprint density at radius 1 is 1.41 bits per heavy atom. The van der Waals surface area contributed by atoms with Crippen LogP contribution in [0, 0.1) is 5.92 Å². The van der Waals surface area contributed by atoms with Gasteiger partial charge in [0.2, 0.25) is 15.9 Å². The summed E-state index contributed by atoms with van der Waals surface area (Å²) in [6.45, 7) is 1.97. The molecule has 10 nitrogen and oxygen atoms in total. The Kier molecular flexibility index (Phi) is 8.07. The molecule has 180 valence electrons. The standard InChI is InChI=1S/C16H23N3O5S.C2HF3O2/c1-23-14-13(4-3-7-17-14)15(20)19-10-16(11-19)6-5-12(9-24-16)8-18-25(2,21)22;3-2(4,5)1(6)7/h3-4,7,12,18H,5-6,8-11H2,1-2H3;(H,6,7). The number of carbonyl (C=O) groups excluding carboxylic acids is 1. The number of aliphatic carboxylic acids is 1. The van der Waals surface area contributed by atoms with E-state index in [1.165, 1.54) is 7.11 Å². The molecule has 0 radical (unpaired) electrons. The lowest BCUT2D eigenvalue weighted by atomic mass is 9.82. The molecule has 32 heavy (non-hydrogen) atoms. The highest BCUT2D eigenvalue weighted by atomic mass is 32.2. The van der Waals surface area contributed by atoms with Crippen LogP contribution in [0.1, 0.15) is 23.2 Å². The number of aromatic nitrogens is 1. The molecular formula is C18H24F3N3O7S. The van der Waals surface area contributed by atoms with Crippen LogP contribution in [0.5, 0.6) is 5.88 Å². The fraction of sp³-hybridized carbons (Fsp3) is 0.611. The minimum Gasteiger partial charge on any atom is -0.480 e. The quantitative estimate of drug-likeness (QED) is 0.631. The van der Waals surface area contributed by atoms with Crippen LogP contribution in [-0.4, -0.2) is 86.7 Å². The molecule has 2 fully saturated rings. The van der Waals surface area contributed by atoms with Crippen molar-refractivity contribution in [2.45, 2.75) is 24.6 Å². The van der Waals surface area contributed by atoms with E-state index in [1.807, 2.05) is 0 Å². The van der Waals surface area contributed by atoms with Crippen LogP contribution in [0.3, 0.4) is 0 Å². The number of hydrogen-bond acceptors (Lipinski definition) is 7. The molecule has 1 atom stereocenters. The minimum atomic E-state index is -5.08. The van der Waals surface area contributed by atoms with E-state index in [9.17, 15) is 26.4 Å². The molecule has 1 unspecified atom stereocenters. The van der Waals surface area contributed by atoms with Crippen LogP contribution in [-0.2, 0) is 19.6 Å². The fourth-order valence-electron chi connectivity index (χ4n) is 3.28. The average molecular weight is 483 g/mol. The molecule has 14 heteroatoms. The van der Waals surface area contributed by atoms with E-state index in [-0.39, 0.29) is 17.4 Å². The van der Waals surface area contributed by atoms with Gasteiger partial charge in [-0.15, -0.1) is 0 Å². The lowest BCUT2D eigenvalue weighted by Crippen LogP contribution is -2.66. The average Bonchev–Trinajstić information content (AvgIpc) is 2.69. The van der Waals surface area contributed by atoms with E-state index in [4.69, 9.17) is 19.4 Å². The second-order valence-corrected chi connectivity index (χ2v) is 9.38. The number of carbonyl (C=O) groups is 2. The van der Waals surface area contributed by atoms with Crippen molar-refractivity contribution in [3.05, 3.63) is 23.9 Å². The van der Waals surface area contributed by atoms with Gasteiger partial charge in [-0.3, -0.25) is 4.79 Å². The van der Waals surface area contributed by atoms with Crippen molar-refractivity contribution < 1.29 is 45.8 Å². The van der Waals surface area contributed by atoms with Gasteiger partial charge in [0.15, 0.2) is 0 Å². The first-order valence-corrected chi connectivity index (χ1v) is 11.3. The Hall–Kier alpha value is -2.45. The molecule has 2 N–H and O–H groups in total. The van der Waals surface area contributed by atoms with Crippen molar-refractivity contribution in [3.8, 4) is 5.88 Å². The topological polar surface area (TPSA) is 135 Å². The maximum Gasteiger partial charge on any atom is 0.490 e. The monoisotopic (exact) mass is 483 g/mol. The Balaban J connectivity index is 0.000000451. The zero-order chi connectivity index (χ0) is 24.2. The summed E-state index contributed by atoms with van der Waals surface area (Å²) in [6.07, 6.45) is -0.653. The molecule has 1 amide bonds. The van der Waals surface area contributed by atoms with E-state index >= 15 is 0 Å². The highest BCUT2D eigenvalue weighted by Gasteiger charge is 2.49. The summed E-state index contributed by atoms with van der Waals surface area (Å²) in [5.74, 6) is -2.37. The zero-order valence-electron chi connectivity index (χ0n) is 17.4. The molecule has 2 saturated heterocycles. The molecule has 1 aromatic rings. The lowest BCUT2D eigenvalue weighted by Gasteiger charge is -2.52. The van der Waals surface area contributed by atoms with Gasteiger partial charge < -0.3 is 19.5 Å². The maximum absolute atomic E-state index is 12.6. The van der Waals surface area contributed by atoms with Gasteiger partial charge in [-0.1, -0.05) is 0 Å². The number of likely N-dealkylation sites (tertiary alicyclic amines) is 1. The number of hydrogen-bond donors (Lipinski definition) is 2. The second kappa shape index (κ2) is 10.0. The van der Waals surface area contributed by atoms with Gasteiger partial charge in [0, 0.05) is 12.7 Å². The number of pyridine rings is 1. The second-order valence-electron chi connectivity index (χ2n) is 7.54. The molecular weight excluding hydrogens is 459 g/mol. The van der Waals surface area contributed by atoms with Crippen LogP contribution in [0.25, 0.3) is 0 Å². The third-order valence-corrected chi connectivity index (χ3v) is 5.64. The van der Waals surface area contributed by atoms with Crippen molar-refractivity contribution in [2.75, 3.05) is 39.6 Å². The number of carboxylic acids is 1. The van der Waals surface area contributed by atoms with Crippen molar-refractivity contribution in [1.82, 2.24) is 14.6 Å². The number of nitrogens with one attached hydrogen (secondary N) is 1. The molecule has 3 heterocycles. The summed E-state index contributed by atoms with van der Waals surface area (Å²) in [4.78, 5) is 27.3. The third kappa shape index (κ3) is 7.03. The first-order valence-electron chi connectivity index (χ1n) is 9.43. The molecule has 0 aliphatic carbocycles. The summed E-state index contributed by atoms with van der Waals surface area (Å²) in [5, 5.41) is 7.12. The summed E-state index contributed by atoms with van der Waals surface area (Å²) >= 11 is 0. The van der Waals surface area contributed by atoms with Crippen molar-refractivity contribution in [1.29, 1.82) is 0 Å². The number of nitrogens with zero attached hydrogens (tertiary/aromatic N) is 2. The number of methoxy groups -OCH3 is 1. The Labute approximate surface area is 182 Å². The number of halogens is 3. The van der Waals surface area contributed by atoms with E-state index < -0.39 is 22.2 Å². The predicted octanol–water partition coefficient (Wildman–Crippen LogP) is 0.894. The molecule has 3 rings (SSSR count). The Morgan fingerprint density at radius 3 is 2.50 bits per heavy atom. The summed E-state index contributed by atoms with van der Waals surface area (Å²) in [5.41, 5.74) is 0.151. The van der Waals surface area contributed by atoms with Crippen LogP contribution in [0.4, 0.5) is 13.2 Å². The SMILES string of the molecule is COc1ncccc1C(=O)N1CC2(CCC(CNS(C)(=O)=O)CO2)C1.O=C(O)C(F)(F)F. The Morgan fingerprint density at radius 2 is 2.03 bits per heavy atom. The van der Waals surface area contributed by atoms with Crippen LogP contribution in [0.2, 0.25) is 0 Å². The molecule has 1 aromatic heterocycles. The van der Waals surface area contributed by atoms with Gasteiger partial charge in [-0.2, -0.15) is 13.2 Å². The van der Waals surface area contributed by atoms with Crippen LogP contribution >= 0.6 is 0 Å². The van der Waals surface area contributed by atoms with Gasteiger partial charge in [0.05, 0.1) is 33.1 Å². The van der Waals surface area contributed by atoms with E-state index in [2.05, 4.69) is 9.71 Å². The third-order valence-electron chi connectivity index (χ3n) is 4.95. The van der Waals surface area contributed by atoms with E-state index in [1.54, 1.807) is 23.2 Å². The minimum absolute atomic E-state index is 0.111. The number of rotatable bonds is 5. The molecule has 0 bridgehead atoms. The molecule has 1 spiro atoms. The van der Waals surface area contributed by atoms with Crippen molar-refractivity contribution in [2.24, 2.45) is 5.92 Å². The smallest absolute Gasteiger partial charge is 0.480 e. The van der Waals surface area contributed by atoms with Gasteiger partial charge in [-0.05, 0) is 30.9 Å². The van der Waals surface area contributed by atoms with Gasteiger partial charge in [0.25, 0.3) is 5.91 Å². The largest absolute Gasteiger partial charge is 0.490 e. The van der Waals surface area contributed by atoms with Gasteiger partial charge >= 0.3 is 12.1 Å². The van der Waals surface area contributed by atoms with E-state index in [0.717, 1.165) is 19.1 Å². The number of carboxylic acid groups (broad SMARTS) is 1. The first-order chi connectivity index (χ1) is 14.8. The number of amides is 1. The normalized spacial score (nSPS) is 20.0. The van der Waals surface area contributed by atoms with Crippen molar-refractivity contribution >= 4 is 21.9 Å². The summed E-state index contributed by atoms with van der Waals surface area (Å²) < 4.78 is 67.7. The fourth-order valence-corrected chi connectivity index (χ4v) is 3.81. The zero-order valence-corrected chi connectivity index (χ0v) is 18.2. The van der Waals surface area contributed by atoms with Gasteiger partial charge in [0.1, 0.15) is 11.2 Å². The maximum atomic E-state index is 12.6. The van der Waals surface area contributed by atoms with E-state index in [0.29, 0.717) is 37.7 Å². The first kappa shape index (κ1) is 25.8. The number of alkyl halides is 3. The van der Waals surface area contributed by atoms with Crippen molar-refractivity contribution in [3.63, 3.8) is 0 Å². The molecule has 0 aromatic carbocycles. The lowest BCUT2D eigenvalue weighted by molar-refractivity contribution is -0.192. The number of sulfonamides is 1. The van der Waals surface area contributed by atoms with Gasteiger partial charge in [-0.25, -0.2) is 22.9 Å². The summed E-state index contributed by atoms with van der Waals surface area (Å²) in [7, 11) is -1.69. The highest BCUT2D eigenvalue weighted by molar-refractivity contribution is 7.88.